The van der Waals surface area contributed by atoms with Crippen molar-refractivity contribution in [3.63, 3.8) is 0 Å². The number of phenolic OH excluding ortho intramolecular Hbond substituents is 1. The Balaban J connectivity index is 2.04. The van der Waals surface area contributed by atoms with Crippen LogP contribution in [0.2, 0.25) is 0 Å². The number of hydrogen-bond acceptors (Lipinski definition) is 2. The van der Waals surface area contributed by atoms with Crippen LogP contribution in [0.1, 0.15) is 67.5 Å². The number of rotatable bonds is 1. The van der Waals surface area contributed by atoms with Gasteiger partial charge < -0.3 is 5.11 Å². The van der Waals surface area contributed by atoms with Crippen LogP contribution in [-0.4, -0.2) is 9.85 Å². The fraction of sp³-hybridized carbons (Fsp3) is 0.647. The van der Waals surface area contributed by atoms with Crippen molar-refractivity contribution in [2.24, 2.45) is 0 Å². The Bertz CT molecular complexity index is 499. The Kier molecular flexibility index (Phi) is 3.33. The molecule has 0 heterocycles. The maximum absolute atomic E-state index is 10.7. The molecule has 3 rings (SSSR count). The summed E-state index contributed by atoms with van der Waals surface area (Å²) in [7, 11) is 0. The predicted molar refractivity (Wildman–Crippen MR) is 83.2 cm³/mol. The fourth-order valence-electron chi connectivity index (χ4n) is 3.53. The van der Waals surface area contributed by atoms with Gasteiger partial charge in [0, 0.05) is 15.6 Å². The highest BCUT2D eigenvalue weighted by Gasteiger charge is 2.31. The fourth-order valence-corrected chi connectivity index (χ4v) is 5.05. The van der Waals surface area contributed by atoms with Gasteiger partial charge in [-0.1, -0.05) is 26.8 Å². The van der Waals surface area contributed by atoms with Crippen LogP contribution in [-0.2, 0) is 19.3 Å². The summed E-state index contributed by atoms with van der Waals surface area (Å²) in [6.45, 7) is 6.82. The number of phenols is 1. The summed E-state index contributed by atoms with van der Waals surface area (Å²) < 4.78 is 0.255. The van der Waals surface area contributed by atoms with Crippen molar-refractivity contribution in [3.8, 4) is 5.75 Å². The molecule has 19 heavy (non-hydrogen) atoms. The van der Waals surface area contributed by atoms with Gasteiger partial charge in [-0.15, -0.1) is 11.8 Å². The molecule has 1 aromatic rings. The molecule has 1 unspecified atom stereocenters. The van der Waals surface area contributed by atoms with E-state index in [1.807, 2.05) is 11.8 Å². The lowest BCUT2D eigenvalue weighted by Gasteiger charge is -2.32. The van der Waals surface area contributed by atoms with Gasteiger partial charge in [-0.25, -0.2) is 0 Å². The summed E-state index contributed by atoms with van der Waals surface area (Å²) in [5, 5.41) is 11.2. The van der Waals surface area contributed by atoms with Gasteiger partial charge in [0.2, 0.25) is 0 Å². The molecule has 2 aliphatic rings. The van der Waals surface area contributed by atoms with Crippen LogP contribution in [0.4, 0.5) is 0 Å². The van der Waals surface area contributed by atoms with E-state index in [-0.39, 0.29) is 4.75 Å². The molecule has 0 radical (unpaired) electrons. The molecule has 1 atom stereocenters. The Hall–Kier alpha value is -0.630. The molecule has 0 saturated heterocycles. The van der Waals surface area contributed by atoms with E-state index in [1.54, 1.807) is 0 Å². The molecule has 0 aliphatic heterocycles. The first-order valence-corrected chi connectivity index (χ1v) is 8.38. The third-order valence-electron chi connectivity index (χ3n) is 4.23. The van der Waals surface area contributed by atoms with Crippen LogP contribution < -0.4 is 0 Å². The molecular formula is C17H24OS. The number of aromatic hydroxyl groups is 1. The molecule has 0 amide bonds. The van der Waals surface area contributed by atoms with Crippen LogP contribution in [0.5, 0.6) is 5.75 Å². The van der Waals surface area contributed by atoms with E-state index < -0.39 is 0 Å². The lowest BCUT2D eigenvalue weighted by Crippen LogP contribution is -2.16. The van der Waals surface area contributed by atoms with Crippen LogP contribution in [0.3, 0.4) is 0 Å². The molecule has 0 bridgehead atoms. The zero-order valence-corrected chi connectivity index (χ0v) is 13.1. The Morgan fingerprint density at radius 2 is 1.84 bits per heavy atom. The highest BCUT2D eigenvalue weighted by Crippen LogP contribution is 2.50. The summed E-state index contributed by atoms with van der Waals surface area (Å²) >= 11 is 2.02. The number of thioether (sulfide) groups is 1. The number of fused-ring (bicyclic) bond motifs is 2. The first kappa shape index (κ1) is 13.4. The average Bonchev–Trinajstić information content (AvgIpc) is 2.75. The van der Waals surface area contributed by atoms with E-state index in [2.05, 4.69) is 26.8 Å². The molecule has 1 N–H and O–H groups in total. The van der Waals surface area contributed by atoms with E-state index in [4.69, 9.17) is 0 Å². The van der Waals surface area contributed by atoms with Gasteiger partial charge in [-0.05, 0) is 55.2 Å². The molecule has 2 aliphatic carbocycles. The van der Waals surface area contributed by atoms with Gasteiger partial charge in [-0.3, -0.25) is 0 Å². The van der Waals surface area contributed by atoms with Gasteiger partial charge >= 0.3 is 0 Å². The lowest BCUT2D eigenvalue weighted by atomic mass is 9.87. The zero-order chi connectivity index (χ0) is 13.6. The van der Waals surface area contributed by atoms with Crippen molar-refractivity contribution in [1.29, 1.82) is 0 Å². The number of aryl methyl sites for hydroxylation is 2. The van der Waals surface area contributed by atoms with Crippen molar-refractivity contribution in [2.45, 2.75) is 69.3 Å². The summed E-state index contributed by atoms with van der Waals surface area (Å²) in [6, 6.07) is 2.40. The topological polar surface area (TPSA) is 20.2 Å². The molecule has 0 aromatic heterocycles. The zero-order valence-electron chi connectivity index (χ0n) is 12.3. The van der Waals surface area contributed by atoms with E-state index >= 15 is 0 Å². The summed E-state index contributed by atoms with van der Waals surface area (Å²) in [5.74, 6) is 0.645. The SMILES string of the molecule is CC(C)(C)SC1CCCc2cc3c(c(O)c21)CCC3. The van der Waals surface area contributed by atoms with E-state index in [9.17, 15) is 5.11 Å². The Labute approximate surface area is 120 Å². The number of benzene rings is 1. The van der Waals surface area contributed by atoms with Crippen molar-refractivity contribution >= 4 is 11.8 Å². The molecule has 2 heteroatoms. The minimum atomic E-state index is 0.255. The highest BCUT2D eigenvalue weighted by atomic mass is 32.2. The second kappa shape index (κ2) is 4.73. The summed E-state index contributed by atoms with van der Waals surface area (Å²) in [5.41, 5.74) is 5.36. The van der Waals surface area contributed by atoms with Gasteiger partial charge in [0.05, 0.1) is 0 Å². The third kappa shape index (κ3) is 2.52. The third-order valence-corrected chi connectivity index (χ3v) is 5.69. The van der Waals surface area contributed by atoms with Crippen molar-refractivity contribution in [1.82, 2.24) is 0 Å². The smallest absolute Gasteiger partial charge is 0.123 e. The van der Waals surface area contributed by atoms with Crippen molar-refractivity contribution in [2.75, 3.05) is 0 Å². The summed E-state index contributed by atoms with van der Waals surface area (Å²) in [4.78, 5) is 0. The van der Waals surface area contributed by atoms with E-state index in [1.165, 1.54) is 41.5 Å². The van der Waals surface area contributed by atoms with Crippen molar-refractivity contribution < 1.29 is 5.11 Å². The normalized spacial score (nSPS) is 22.2. The molecular weight excluding hydrogens is 252 g/mol. The van der Waals surface area contributed by atoms with Gasteiger partial charge in [-0.2, -0.15) is 0 Å². The highest BCUT2D eigenvalue weighted by molar-refractivity contribution is 8.00. The monoisotopic (exact) mass is 276 g/mol. The van der Waals surface area contributed by atoms with Crippen LogP contribution >= 0.6 is 11.8 Å². The first-order valence-electron chi connectivity index (χ1n) is 7.50. The standard InChI is InChI=1S/C17H24OS/c1-17(2,3)19-14-9-5-7-12-10-11-6-4-8-13(11)16(18)15(12)14/h10,14,18H,4-9H2,1-3H3. The van der Waals surface area contributed by atoms with Crippen LogP contribution in [0.15, 0.2) is 6.07 Å². The second-order valence-electron chi connectivity index (χ2n) is 6.90. The maximum Gasteiger partial charge on any atom is 0.123 e. The quantitative estimate of drug-likeness (QED) is 0.796. The maximum atomic E-state index is 10.7. The molecule has 0 saturated carbocycles. The van der Waals surface area contributed by atoms with Gasteiger partial charge in [0.1, 0.15) is 5.75 Å². The van der Waals surface area contributed by atoms with Gasteiger partial charge in [0.25, 0.3) is 0 Å². The van der Waals surface area contributed by atoms with Crippen molar-refractivity contribution in [3.05, 3.63) is 28.3 Å². The Morgan fingerprint density at radius 3 is 2.58 bits per heavy atom. The van der Waals surface area contributed by atoms with E-state index in [0.717, 1.165) is 19.3 Å². The predicted octanol–water partition coefficient (Wildman–Crippen LogP) is 4.79. The second-order valence-corrected chi connectivity index (χ2v) is 8.93. The minimum Gasteiger partial charge on any atom is -0.507 e. The van der Waals surface area contributed by atoms with Crippen LogP contribution in [0, 0.1) is 0 Å². The van der Waals surface area contributed by atoms with Crippen LogP contribution in [0.25, 0.3) is 0 Å². The molecule has 0 fully saturated rings. The average molecular weight is 276 g/mol. The molecule has 0 spiro atoms. The first-order chi connectivity index (χ1) is 8.96. The molecule has 1 nitrogen and oxygen atoms in total. The largest absolute Gasteiger partial charge is 0.507 e. The van der Waals surface area contributed by atoms with Gasteiger partial charge in [0.15, 0.2) is 0 Å². The molecule has 1 aromatic carbocycles. The van der Waals surface area contributed by atoms with E-state index in [0.29, 0.717) is 11.0 Å². The number of hydrogen-bond donors (Lipinski definition) is 1. The summed E-state index contributed by atoms with van der Waals surface area (Å²) in [6.07, 6.45) is 7.06. The minimum absolute atomic E-state index is 0.255. The molecule has 104 valence electrons. The lowest BCUT2D eigenvalue weighted by molar-refractivity contribution is 0.454. The Morgan fingerprint density at radius 1 is 1.11 bits per heavy atom.